The first-order valence-electron chi connectivity index (χ1n) is 13.4. The van der Waals surface area contributed by atoms with Gasteiger partial charge in [-0.15, -0.1) is 0 Å². The van der Waals surface area contributed by atoms with Crippen LogP contribution in [-0.4, -0.2) is 68.2 Å². The summed E-state index contributed by atoms with van der Waals surface area (Å²) in [5.41, 5.74) is 5.48. The van der Waals surface area contributed by atoms with Gasteiger partial charge in [-0.1, -0.05) is 42.5 Å². The average molecular weight is 537 g/mol. The molecule has 2 aromatic rings. The molecule has 0 spiro atoms. The van der Waals surface area contributed by atoms with E-state index in [1.54, 1.807) is 24.3 Å². The number of sulfonamides is 1. The number of hydrogen-bond acceptors (Lipinski definition) is 5. The number of carbonyl (C=O) groups is 2. The summed E-state index contributed by atoms with van der Waals surface area (Å²) in [7, 11) is -3.93. The van der Waals surface area contributed by atoms with E-state index >= 15 is 0 Å². The summed E-state index contributed by atoms with van der Waals surface area (Å²) in [6.45, 7) is 9.63. The standard InChI is InChI=1S/C29H36N4O4S/c1-20-7-10-24(11-8-20)38(36,37)33-16-13-30-29(35)27(33)18-28(34)31-26-6-3-5-23-17-22(9-12-25(23)26)21(2)19-32-14-4-15-32/h7-12,17,26-27H,2-6,13-16,18-19H2,1H3,(H,30,35)(H,31,34)/t26-,27?/m1/s1. The molecular weight excluding hydrogens is 500 g/mol. The molecule has 2 atom stereocenters. The molecule has 1 aliphatic carbocycles. The van der Waals surface area contributed by atoms with Gasteiger partial charge in [0, 0.05) is 19.6 Å². The van der Waals surface area contributed by atoms with E-state index in [0.29, 0.717) is 0 Å². The highest BCUT2D eigenvalue weighted by Gasteiger charge is 2.40. The third-order valence-electron chi connectivity index (χ3n) is 7.85. The summed E-state index contributed by atoms with van der Waals surface area (Å²) in [5.74, 6) is -0.781. The molecule has 9 heteroatoms. The predicted molar refractivity (Wildman–Crippen MR) is 147 cm³/mol. The second-order valence-electron chi connectivity index (χ2n) is 10.6. The topological polar surface area (TPSA) is 98.8 Å². The van der Waals surface area contributed by atoms with Gasteiger partial charge in [0.05, 0.1) is 17.4 Å². The van der Waals surface area contributed by atoms with Crippen LogP contribution in [0, 0.1) is 6.92 Å². The first-order chi connectivity index (χ1) is 18.2. The zero-order chi connectivity index (χ0) is 26.9. The molecule has 2 heterocycles. The maximum Gasteiger partial charge on any atom is 0.243 e. The van der Waals surface area contributed by atoms with Crippen molar-refractivity contribution in [1.29, 1.82) is 0 Å². The van der Waals surface area contributed by atoms with Gasteiger partial charge in [0.25, 0.3) is 0 Å². The fraction of sp³-hybridized carbons (Fsp3) is 0.448. The Labute approximate surface area is 225 Å². The van der Waals surface area contributed by atoms with Crippen LogP contribution >= 0.6 is 0 Å². The van der Waals surface area contributed by atoms with Crippen molar-refractivity contribution in [2.45, 2.75) is 56.0 Å². The van der Waals surface area contributed by atoms with Crippen molar-refractivity contribution in [2.24, 2.45) is 0 Å². The minimum Gasteiger partial charge on any atom is -0.353 e. The Morgan fingerprint density at radius 2 is 1.87 bits per heavy atom. The van der Waals surface area contributed by atoms with E-state index in [2.05, 4.69) is 40.3 Å². The van der Waals surface area contributed by atoms with Gasteiger partial charge in [-0.25, -0.2) is 8.42 Å². The first-order valence-corrected chi connectivity index (χ1v) is 14.9. The van der Waals surface area contributed by atoms with Gasteiger partial charge in [0.1, 0.15) is 6.04 Å². The highest BCUT2D eigenvalue weighted by molar-refractivity contribution is 7.89. The maximum absolute atomic E-state index is 13.4. The van der Waals surface area contributed by atoms with E-state index < -0.39 is 22.0 Å². The van der Waals surface area contributed by atoms with E-state index in [1.165, 1.54) is 16.3 Å². The number of rotatable bonds is 8. The SMILES string of the molecule is C=C(CN1CCC1)c1ccc2c(c1)CCC[C@H]2NC(=O)CC1C(=O)NCCN1S(=O)(=O)c1ccc(C)cc1. The Bertz CT molecular complexity index is 1330. The van der Waals surface area contributed by atoms with Crippen LogP contribution < -0.4 is 10.6 Å². The molecular formula is C29H36N4O4S. The lowest BCUT2D eigenvalue weighted by Crippen LogP contribution is -2.58. The molecule has 202 valence electrons. The largest absolute Gasteiger partial charge is 0.353 e. The smallest absolute Gasteiger partial charge is 0.243 e. The van der Waals surface area contributed by atoms with Crippen LogP contribution in [0.15, 0.2) is 53.9 Å². The number of carbonyl (C=O) groups excluding carboxylic acids is 2. The molecule has 2 fully saturated rings. The maximum atomic E-state index is 13.4. The van der Waals surface area contributed by atoms with Crippen LogP contribution in [0.4, 0.5) is 0 Å². The molecule has 2 aliphatic heterocycles. The first kappa shape index (κ1) is 26.6. The molecule has 3 aliphatic rings. The Morgan fingerprint density at radius 3 is 2.58 bits per heavy atom. The van der Waals surface area contributed by atoms with E-state index in [-0.39, 0.29) is 36.4 Å². The van der Waals surface area contributed by atoms with Gasteiger partial charge in [0.15, 0.2) is 0 Å². The summed E-state index contributed by atoms with van der Waals surface area (Å²) >= 11 is 0. The van der Waals surface area contributed by atoms with Gasteiger partial charge in [-0.2, -0.15) is 4.31 Å². The van der Waals surface area contributed by atoms with Crippen LogP contribution in [0.2, 0.25) is 0 Å². The lowest BCUT2D eigenvalue weighted by molar-refractivity contribution is -0.132. The lowest BCUT2D eigenvalue weighted by Gasteiger charge is -2.34. The van der Waals surface area contributed by atoms with Crippen molar-refractivity contribution in [1.82, 2.24) is 19.8 Å². The molecule has 2 N–H and O–H groups in total. The Kier molecular flexibility index (Phi) is 7.70. The summed E-state index contributed by atoms with van der Waals surface area (Å²) in [5, 5.41) is 5.81. The fourth-order valence-corrected chi connectivity index (χ4v) is 7.12. The lowest BCUT2D eigenvalue weighted by atomic mass is 9.85. The number of nitrogens with one attached hydrogen (secondary N) is 2. The van der Waals surface area contributed by atoms with Crippen molar-refractivity contribution in [3.8, 4) is 0 Å². The fourth-order valence-electron chi connectivity index (χ4n) is 5.54. The van der Waals surface area contributed by atoms with E-state index in [9.17, 15) is 18.0 Å². The number of piperazine rings is 1. The van der Waals surface area contributed by atoms with Crippen LogP contribution in [-0.2, 0) is 26.0 Å². The van der Waals surface area contributed by atoms with Crippen molar-refractivity contribution < 1.29 is 18.0 Å². The van der Waals surface area contributed by atoms with Gasteiger partial charge < -0.3 is 10.6 Å². The molecule has 1 unspecified atom stereocenters. The molecule has 5 rings (SSSR count). The quantitative estimate of drug-likeness (QED) is 0.541. The van der Waals surface area contributed by atoms with Crippen LogP contribution in [0.1, 0.15) is 54.0 Å². The molecule has 0 bridgehead atoms. The third-order valence-corrected chi connectivity index (χ3v) is 9.77. The van der Waals surface area contributed by atoms with Crippen LogP contribution in [0.25, 0.3) is 5.57 Å². The van der Waals surface area contributed by atoms with Crippen LogP contribution in [0.5, 0.6) is 0 Å². The zero-order valence-electron chi connectivity index (χ0n) is 21.9. The summed E-state index contributed by atoms with van der Waals surface area (Å²) < 4.78 is 27.9. The van der Waals surface area contributed by atoms with Gasteiger partial charge in [-0.05, 0) is 80.1 Å². The number of nitrogens with zero attached hydrogens (tertiary/aromatic N) is 2. The Morgan fingerprint density at radius 1 is 1.11 bits per heavy atom. The Balaban J connectivity index is 1.28. The Hall–Kier alpha value is -3.01. The molecule has 2 aromatic carbocycles. The second kappa shape index (κ2) is 11.0. The van der Waals surface area contributed by atoms with Crippen molar-refractivity contribution >= 4 is 27.4 Å². The number of fused-ring (bicyclic) bond motifs is 1. The summed E-state index contributed by atoms with van der Waals surface area (Å²) in [4.78, 5) is 28.5. The average Bonchev–Trinajstić information content (AvgIpc) is 2.87. The van der Waals surface area contributed by atoms with Crippen molar-refractivity contribution in [3.63, 3.8) is 0 Å². The third kappa shape index (κ3) is 5.55. The minimum atomic E-state index is -3.93. The molecule has 2 saturated heterocycles. The van der Waals surface area contributed by atoms with Gasteiger partial charge in [-0.3, -0.25) is 14.5 Å². The number of amides is 2. The molecule has 2 amide bonds. The highest BCUT2D eigenvalue weighted by Crippen LogP contribution is 2.32. The van der Waals surface area contributed by atoms with E-state index in [4.69, 9.17) is 0 Å². The van der Waals surface area contributed by atoms with Gasteiger partial charge in [0.2, 0.25) is 21.8 Å². The van der Waals surface area contributed by atoms with E-state index in [1.807, 2.05) is 6.92 Å². The number of aryl methyl sites for hydroxylation is 2. The molecule has 38 heavy (non-hydrogen) atoms. The summed E-state index contributed by atoms with van der Waals surface area (Å²) in [6, 6.07) is 11.6. The molecule has 0 saturated carbocycles. The van der Waals surface area contributed by atoms with Crippen LogP contribution in [0.3, 0.4) is 0 Å². The predicted octanol–water partition coefficient (Wildman–Crippen LogP) is 2.79. The second-order valence-corrected chi connectivity index (χ2v) is 12.5. The van der Waals surface area contributed by atoms with Crippen molar-refractivity contribution in [3.05, 3.63) is 71.3 Å². The number of benzene rings is 2. The van der Waals surface area contributed by atoms with Crippen molar-refractivity contribution in [2.75, 3.05) is 32.7 Å². The number of hydrogen-bond donors (Lipinski definition) is 2. The highest BCUT2D eigenvalue weighted by atomic mass is 32.2. The zero-order valence-corrected chi connectivity index (χ0v) is 22.7. The minimum absolute atomic E-state index is 0.121. The number of likely N-dealkylation sites (tertiary alicyclic amines) is 1. The van der Waals surface area contributed by atoms with E-state index in [0.717, 1.165) is 61.2 Å². The molecule has 0 aromatic heterocycles. The summed E-state index contributed by atoms with van der Waals surface area (Å²) in [6.07, 6.45) is 3.71. The normalized spacial score (nSPS) is 22.2. The monoisotopic (exact) mass is 536 g/mol. The molecule has 8 nitrogen and oxygen atoms in total. The molecule has 0 radical (unpaired) electrons. The van der Waals surface area contributed by atoms with Gasteiger partial charge >= 0.3 is 0 Å².